The van der Waals surface area contributed by atoms with Gasteiger partial charge in [-0.1, -0.05) is 6.07 Å². The zero-order valence-electron chi connectivity index (χ0n) is 10.0. The fourth-order valence-electron chi connectivity index (χ4n) is 1.59. The number of hydrogen-bond acceptors (Lipinski definition) is 4. The number of ether oxygens (including phenoxy) is 2. The molecule has 0 saturated heterocycles. The Hall–Kier alpha value is -2.24. The highest BCUT2D eigenvalue weighted by atomic mass is 16.5. The molecule has 0 unspecified atom stereocenters. The van der Waals surface area contributed by atoms with Crippen LogP contribution >= 0.6 is 0 Å². The van der Waals surface area contributed by atoms with Crippen LogP contribution in [-0.4, -0.2) is 36.4 Å². The van der Waals surface area contributed by atoms with E-state index in [1.165, 1.54) is 26.4 Å². The number of methoxy groups -OCH3 is 2. The third-order valence-electron chi connectivity index (χ3n) is 2.49. The summed E-state index contributed by atoms with van der Waals surface area (Å²) in [5, 5.41) is 17.7. The summed E-state index contributed by atoms with van der Waals surface area (Å²) in [5.74, 6) is -2.64. The molecule has 6 nitrogen and oxygen atoms in total. The van der Waals surface area contributed by atoms with Gasteiger partial charge >= 0.3 is 11.9 Å². The Morgan fingerprint density at radius 1 is 1.17 bits per heavy atom. The van der Waals surface area contributed by atoms with E-state index in [2.05, 4.69) is 0 Å². The lowest BCUT2D eigenvalue weighted by molar-refractivity contribution is -0.145. The van der Waals surface area contributed by atoms with Crippen molar-refractivity contribution in [2.45, 2.75) is 12.3 Å². The van der Waals surface area contributed by atoms with Gasteiger partial charge in [0.15, 0.2) is 11.5 Å². The molecule has 0 radical (unpaired) electrons. The highest BCUT2D eigenvalue weighted by Gasteiger charge is 2.24. The molecule has 2 N–H and O–H groups in total. The lowest BCUT2D eigenvalue weighted by Gasteiger charge is -2.13. The van der Waals surface area contributed by atoms with E-state index in [1.807, 2.05) is 0 Å². The summed E-state index contributed by atoms with van der Waals surface area (Å²) < 4.78 is 10.1. The molecule has 0 fully saturated rings. The first-order chi connectivity index (χ1) is 8.49. The largest absolute Gasteiger partial charge is 0.493 e. The molecule has 1 rings (SSSR count). The molecule has 1 aromatic rings. The third kappa shape index (κ3) is 3.13. The maximum Gasteiger partial charge on any atom is 0.311 e. The summed E-state index contributed by atoms with van der Waals surface area (Å²) in [7, 11) is 2.89. The van der Waals surface area contributed by atoms with Crippen LogP contribution in [-0.2, 0) is 9.59 Å². The van der Waals surface area contributed by atoms with Gasteiger partial charge in [0.05, 0.1) is 26.6 Å². The zero-order valence-corrected chi connectivity index (χ0v) is 10.0. The van der Waals surface area contributed by atoms with Crippen LogP contribution in [0.25, 0.3) is 0 Å². The monoisotopic (exact) mass is 254 g/mol. The Kier molecular flexibility index (Phi) is 4.53. The molecule has 98 valence electrons. The van der Waals surface area contributed by atoms with E-state index in [0.29, 0.717) is 17.1 Å². The molecule has 0 heterocycles. The Morgan fingerprint density at radius 2 is 1.78 bits per heavy atom. The van der Waals surface area contributed by atoms with E-state index in [0.717, 1.165) is 0 Å². The van der Waals surface area contributed by atoms with Gasteiger partial charge in [-0.15, -0.1) is 0 Å². The van der Waals surface area contributed by atoms with E-state index in [9.17, 15) is 9.59 Å². The predicted molar refractivity (Wildman–Crippen MR) is 62.2 cm³/mol. The van der Waals surface area contributed by atoms with Crippen LogP contribution in [0.1, 0.15) is 17.9 Å². The summed E-state index contributed by atoms with van der Waals surface area (Å²) in [6, 6.07) is 4.54. The number of benzene rings is 1. The van der Waals surface area contributed by atoms with Crippen LogP contribution < -0.4 is 9.47 Å². The van der Waals surface area contributed by atoms with Gasteiger partial charge in [0.2, 0.25) is 0 Å². The van der Waals surface area contributed by atoms with Crippen molar-refractivity contribution >= 4 is 11.9 Å². The van der Waals surface area contributed by atoms with Crippen LogP contribution in [0.5, 0.6) is 11.5 Å². The Balaban J connectivity index is 3.13. The van der Waals surface area contributed by atoms with Crippen molar-refractivity contribution in [3.05, 3.63) is 23.8 Å². The predicted octanol–water partition coefficient (Wildman–Crippen LogP) is 1.35. The number of hydrogen-bond donors (Lipinski definition) is 2. The second kappa shape index (κ2) is 5.90. The minimum Gasteiger partial charge on any atom is -0.493 e. The van der Waals surface area contributed by atoms with Gasteiger partial charge in [0.25, 0.3) is 0 Å². The van der Waals surface area contributed by atoms with Gasteiger partial charge in [-0.3, -0.25) is 9.59 Å². The smallest absolute Gasteiger partial charge is 0.311 e. The molecule has 18 heavy (non-hydrogen) atoms. The van der Waals surface area contributed by atoms with E-state index in [4.69, 9.17) is 19.7 Å². The van der Waals surface area contributed by atoms with Crippen LogP contribution in [0.3, 0.4) is 0 Å². The highest BCUT2D eigenvalue weighted by molar-refractivity contribution is 5.82. The maximum absolute atomic E-state index is 11.1. The minimum absolute atomic E-state index is 0.363. The lowest BCUT2D eigenvalue weighted by atomic mass is 9.95. The van der Waals surface area contributed by atoms with Crippen molar-refractivity contribution in [2.75, 3.05) is 14.2 Å². The van der Waals surface area contributed by atoms with E-state index in [-0.39, 0.29) is 0 Å². The van der Waals surface area contributed by atoms with Gasteiger partial charge in [-0.25, -0.2) is 0 Å². The lowest BCUT2D eigenvalue weighted by Crippen LogP contribution is -2.16. The number of rotatable bonds is 6. The van der Waals surface area contributed by atoms with Crippen LogP contribution in [0, 0.1) is 0 Å². The molecule has 0 bridgehead atoms. The van der Waals surface area contributed by atoms with Crippen LogP contribution in [0.15, 0.2) is 18.2 Å². The number of aliphatic carboxylic acids is 2. The number of carboxylic acid groups (broad SMARTS) is 2. The zero-order chi connectivity index (χ0) is 13.7. The normalized spacial score (nSPS) is 11.7. The molecule has 0 amide bonds. The standard InChI is InChI=1S/C12H14O6/c1-17-9-4-3-7(5-10(9)18-2)8(12(15)16)6-11(13)14/h3-5,8H,6H2,1-2H3,(H,13,14)(H,15,16)/t8-/m0/s1. The van der Waals surface area contributed by atoms with Crippen molar-refractivity contribution in [3.8, 4) is 11.5 Å². The van der Waals surface area contributed by atoms with Gasteiger partial charge in [0, 0.05) is 0 Å². The summed E-state index contributed by atoms with van der Waals surface area (Å²) in [6.45, 7) is 0. The van der Waals surface area contributed by atoms with Gasteiger partial charge in [0.1, 0.15) is 0 Å². The van der Waals surface area contributed by atoms with Gasteiger partial charge < -0.3 is 19.7 Å². The number of carbonyl (C=O) groups is 2. The van der Waals surface area contributed by atoms with Crippen molar-refractivity contribution < 1.29 is 29.3 Å². The quantitative estimate of drug-likeness (QED) is 0.795. The highest BCUT2D eigenvalue weighted by Crippen LogP contribution is 2.31. The van der Waals surface area contributed by atoms with E-state index < -0.39 is 24.3 Å². The molecule has 1 aromatic carbocycles. The Labute approximate surface area is 104 Å². The molecule has 0 aliphatic carbocycles. The molecule has 0 aliphatic rings. The minimum atomic E-state index is -1.19. The summed E-state index contributed by atoms with van der Waals surface area (Å²) >= 11 is 0. The molecule has 0 aliphatic heterocycles. The summed E-state index contributed by atoms with van der Waals surface area (Å²) in [4.78, 5) is 21.7. The average Bonchev–Trinajstić information content (AvgIpc) is 2.34. The second-order valence-electron chi connectivity index (χ2n) is 3.60. The molecule has 0 aromatic heterocycles. The summed E-state index contributed by atoms with van der Waals surface area (Å²) in [5.41, 5.74) is 0.363. The first-order valence-electron chi connectivity index (χ1n) is 5.16. The van der Waals surface area contributed by atoms with Gasteiger partial charge in [-0.05, 0) is 17.7 Å². The fourth-order valence-corrected chi connectivity index (χ4v) is 1.59. The van der Waals surface area contributed by atoms with E-state index in [1.54, 1.807) is 6.07 Å². The molecule has 0 spiro atoms. The molecule has 0 saturated carbocycles. The summed E-state index contributed by atoms with van der Waals surface area (Å²) in [6.07, 6.45) is -0.481. The Bertz CT molecular complexity index is 454. The SMILES string of the molecule is COc1ccc([C@H](CC(=O)O)C(=O)O)cc1OC. The molecule has 1 atom stereocenters. The third-order valence-corrected chi connectivity index (χ3v) is 2.49. The van der Waals surface area contributed by atoms with E-state index >= 15 is 0 Å². The number of carboxylic acids is 2. The Morgan fingerprint density at radius 3 is 2.22 bits per heavy atom. The van der Waals surface area contributed by atoms with Crippen LogP contribution in [0.4, 0.5) is 0 Å². The topological polar surface area (TPSA) is 93.1 Å². The first-order valence-corrected chi connectivity index (χ1v) is 5.16. The van der Waals surface area contributed by atoms with Crippen molar-refractivity contribution in [2.24, 2.45) is 0 Å². The maximum atomic E-state index is 11.1. The van der Waals surface area contributed by atoms with Crippen molar-refractivity contribution in [1.82, 2.24) is 0 Å². The van der Waals surface area contributed by atoms with Crippen molar-refractivity contribution in [3.63, 3.8) is 0 Å². The van der Waals surface area contributed by atoms with Crippen LogP contribution in [0.2, 0.25) is 0 Å². The molecular formula is C12H14O6. The molecular weight excluding hydrogens is 240 g/mol. The molecule has 6 heteroatoms. The average molecular weight is 254 g/mol. The van der Waals surface area contributed by atoms with Gasteiger partial charge in [-0.2, -0.15) is 0 Å². The first kappa shape index (κ1) is 13.8. The fraction of sp³-hybridized carbons (Fsp3) is 0.333. The second-order valence-corrected chi connectivity index (χ2v) is 3.60. The van der Waals surface area contributed by atoms with Crippen molar-refractivity contribution in [1.29, 1.82) is 0 Å².